The summed E-state index contributed by atoms with van der Waals surface area (Å²) in [5.41, 5.74) is -0.0263. The first kappa shape index (κ1) is 22.0. The highest BCUT2D eigenvalue weighted by Gasteiger charge is 2.44. The summed E-state index contributed by atoms with van der Waals surface area (Å²) in [5.74, 6) is 1.14. The van der Waals surface area contributed by atoms with E-state index in [0.717, 1.165) is 46.7 Å². The number of hydrogen-bond donors (Lipinski definition) is 1. The molecule has 1 atom stereocenters. The van der Waals surface area contributed by atoms with E-state index in [0.29, 0.717) is 6.61 Å². The summed E-state index contributed by atoms with van der Waals surface area (Å²) in [6, 6.07) is 20.1. The summed E-state index contributed by atoms with van der Waals surface area (Å²) in [4.78, 5) is 5.95. The standard InChI is InChI=1S/C26H33N2O2S/c1-28(2,17-18-30-23-15-7-4-8-16-23)20-24-19-27-25(31-24)26(29,22-13-9-10-14-22)21-11-5-3-6-12-21/h3-8,11-12,15-16,19,22,29H,9-10,13-14,17-18,20H2,1-2H3/q+1. The predicted molar refractivity (Wildman–Crippen MR) is 126 cm³/mol. The Balaban J connectivity index is 1.46. The summed E-state index contributed by atoms with van der Waals surface area (Å²) in [7, 11) is 4.43. The third-order valence-corrected chi connectivity index (χ3v) is 7.44. The fraction of sp³-hybridized carbons (Fsp3) is 0.423. The Labute approximate surface area is 189 Å². The molecule has 0 aliphatic heterocycles. The van der Waals surface area contributed by atoms with Crippen molar-refractivity contribution in [1.29, 1.82) is 0 Å². The van der Waals surface area contributed by atoms with E-state index >= 15 is 0 Å². The number of para-hydroxylation sites is 1. The third kappa shape index (κ3) is 5.17. The maximum Gasteiger partial charge on any atom is 0.144 e. The largest absolute Gasteiger partial charge is 0.488 e. The molecule has 3 aromatic rings. The summed E-state index contributed by atoms with van der Waals surface area (Å²) in [5, 5.41) is 12.8. The number of nitrogens with zero attached hydrogens (tertiary/aromatic N) is 2. The van der Waals surface area contributed by atoms with Crippen molar-refractivity contribution < 1.29 is 14.3 Å². The van der Waals surface area contributed by atoms with Gasteiger partial charge in [-0.05, 0) is 36.5 Å². The van der Waals surface area contributed by atoms with Crippen LogP contribution in [0.5, 0.6) is 5.75 Å². The van der Waals surface area contributed by atoms with E-state index < -0.39 is 5.60 Å². The first-order chi connectivity index (χ1) is 15.0. The zero-order valence-electron chi connectivity index (χ0n) is 18.5. The van der Waals surface area contributed by atoms with Crippen molar-refractivity contribution >= 4 is 11.3 Å². The van der Waals surface area contributed by atoms with Crippen LogP contribution in [0.4, 0.5) is 0 Å². The van der Waals surface area contributed by atoms with E-state index in [-0.39, 0.29) is 5.92 Å². The second kappa shape index (κ2) is 9.51. The van der Waals surface area contributed by atoms with Crippen LogP contribution in [0.25, 0.3) is 0 Å². The number of ether oxygens (including phenoxy) is 1. The predicted octanol–water partition coefficient (Wildman–Crippen LogP) is 5.22. The van der Waals surface area contributed by atoms with Gasteiger partial charge in [0.1, 0.15) is 36.1 Å². The first-order valence-corrected chi connectivity index (χ1v) is 12.0. The van der Waals surface area contributed by atoms with Gasteiger partial charge in [0.25, 0.3) is 0 Å². The molecule has 1 saturated carbocycles. The molecule has 0 amide bonds. The Bertz CT molecular complexity index is 952. The average molecular weight is 438 g/mol. The molecule has 0 radical (unpaired) electrons. The summed E-state index contributed by atoms with van der Waals surface area (Å²) >= 11 is 1.66. The minimum atomic E-state index is -0.992. The smallest absolute Gasteiger partial charge is 0.144 e. The molecule has 1 fully saturated rings. The zero-order chi connectivity index (χ0) is 21.7. The molecule has 164 valence electrons. The monoisotopic (exact) mass is 437 g/mol. The van der Waals surface area contributed by atoms with Gasteiger partial charge in [-0.3, -0.25) is 0 Å². The van der Waals surface area contributed by atoms with Gasteiger partial charge in [-0.25, -0.2) is 4.98 Å². The van der Waals surface area contributed by atoms with Gasteiger partial charge in [0.15, 0.2) is 0 Å². The number of aliphatic hydroxyl groups is 1. The van der Waals surface area contributed by atoms with Crippen molar-refractivity contribution in [1.82, 2.24) is 4.98 Å². The molecule has 1 N–H and O–H groups in total. The normalized spacial score (nSPS) is 16.9. The van der Waals surface area contributed by atoms with Crippen molar-refractivity contribution in [2.75, 3.05) is 27.2 Å². The van der Waals surface area contributed by atoms with Crippen LogP contribution in [0.15, 0.2) is 66.9 Å². The van der Waals surface area contributed by atoms with Crippen molar-refractivity contribution in [2.24, 2.45) is 5.92 Å². The van der Waals surface area contributed by atoms with Gasteiger partial charge in [-0.15, -0.1) is 11.3 Å². The van der Waals surface area contributed by atoms with Crippen LogP contribution in [-0.2, 0) is 12.1 Å². The molecule has 0 spiro atoms. The molecule has 4 nitrogen and oxygen atoms in total. The number of rotatable bonds is 9. The van der Waals surface area contributed by atoms with Gasteiger partial charge in [0.2, 0.25) is 0 Å². The van der Waals surface area contributed by atoms with Gasteiger partial charge in [0, 0.05) is 6.20 Å². The molecular formula is C26H33N2O2S+. The lowest BCUT2D eigenvalue weighted by Gasteiger charge is -2.33. The highest BCUT2D eigenvalue weighted by atomic mass is 32.1. The highest BCUT2D eigenvalue weighted by molar-refractivity contribution is 7.11. The lowest BCUT2D eigenvalue weighted by molar-refractivity contribution is -0.903. The molecule has 1 aliphatic carbocycles. The van der Waals surface area contributed by atoms with Crippen molar-refractivity contribution in [3.8, 4) is 5.75 Å². The molecule has 1 aliphatic rings. The average Bonchev–Trinajstić information content (AvgIpc) is 3.47. The molecule has 1 unspecified atom stereocenters. The molecule has 5 heteroatoms. The Morgan fingerprint density at radius 1 is 1.03 bits per heavy atom. The quantitative estimate of drug-likeness (QED) is 0.467. The van der Waals surface area contributed by atoms with Crippen LogP contribution in [0.2, 0.25) is 0 Å². The van der Waals surface area contributed by atoms with Crippen LogP contribution in [0.1, 0.15) is 41.1 Å². The van der Waals surface area contributed by atoms with Gasteiger partial charge < -0.3 is 14.3 Å². The molecular weight excluding hydrogens is 404 g/mol. The molecule has 4 rings (SSSR count). The SMILES string of the molecule is C[N+](C)(CCOc1ccccc1)Cc1cnc(C(O)(c2ccccc2)C2CCCC2)s1. The number of likely N-dealkylation sites (N-methyl/N-ethyl adjacent to an activating group) is 1. The third-order valence-electron chi connectivity index (χ3n) is 6.33. The Morgan fingerprint density at radius 3 is 2.35 bits per heavy atom. The maximum atomic E-state index is 12.0. The van der Waals surface area contributed by atoms with Crippen molar-refractivity contribution in [3.05, 3.63) is 82.3 Å². The molecule has 31 heavy (non-hydrogen) atoms. The number of hydrogen-bond acceptors (Lipinski definition) is 4. The molecule has 1 aromatic heterocycles. The van der Waals surface area contributed by atoms with Crippen LogP contribution in [-0.4, -0.2) is 41.8 Å². The minimum absolute atomic E-state index is 0.232. The Morgan fingerprint density at radius 2 is 1.68 bits per heavy atom. The topological polar surface area (TPSA) is 42.4 Å². The summed E-state index contributed by atoms with van der Waals surface area (Å²) in [6.45, 7) is 2.43. The van der Waals surface area contributed by atoms with E-state index in [4.69, 9.17) is 9.72 Å². The fourth-order valence-corrected chi connectivity index (χ4v) is 5.87. The van der Waals surface area contributed by atoms with Crippen LogP contribution >= 0.6 is 11.3 Å². The van der Waals surface area contributed by atoms with Crippen LogP contribution in [0.3, 0.4) is 0 Å². The van der Waals surface area contributed by atoms with E-state index in [9.17, 15) is 5.11 Å². The number of aromatic nitrogens is 1. The van der Waals surface area contributed by atoms with Gasteiger partial charge in [-0.1, -0.05) is 61.4 Å². The first-order valence-electron chi connectivity index (χ1n) is 11.2. The second-order valence-electron chi connectivity index (χ2n) is 9.22. The van der Waals surface area contributed by atoms with Gasteiger partial charge >= 0.3 is 0 Å². The van der Waals surface area contributed by atoms with E-state index in [1.165, 1.54) is 17.7 Å². The van der Waals surface area contributed by atoms with Crippen LogP contribution < -0.4 is 4.74 Å². The fourth-order valence-electron chi connectivity index (χ4n) is 4.55. The molecule has 2 aromatic carbocycles. The summed E-state index contributed by atoms with van der Waals surface area (Å²) < 4.78 is 6.70. The van der Waals surface area contributed by atoms with E-state index in [1.807, 2.05) is 66.9 Å². The van der Waals surface area contributed by atoms with Gasteiger partial charge in [0.05, 0.1) is 19.0 Å². The van der Waals surface area contributed by atoms with Crippen molar-refractivity contribution in [3.63, 3.8) is 0 Å². The molecule has 1 heterocycles. The van der Waals surface area contributed by atoms with Crippen molar-refractivity contribution in [2.45, 2.75) is 37.8 Å². The lowest BCUT2D eigenvalue weighted by atomic mass is 9.80. The van der Waals surface area contributed by atoms with E-state index in [1.54, 1.807) is 11.3 Å². The number of benzene rings is 2. The van der Waals surface area contributed by atoms with E-state index in [2.05, 4.69) is 14.1 Å². The maximum absolute atomic E-state index is 12.0. The van der Waals surface area contributed by atoms with Gasteiger partial charge in [-0.2, -0.15) is 0 Å². The van der Waals surface area contributed by atoms with Crippen LogP contribution in [0, 0.1) is 5.92 Å². The lowest BCUT2D eigenvalue weighted by Crippen LogP contribution is -2.41. The minimum Gasteiger partial charge on any atom is -0.488 e. The highest BCUT2D eigenvalue weighted by Crippen LogP contribution is 2.46. The number of quaternary nitrogens is 1. The number of thiazole rings is 1. The Hall–Kier alpha value is -2.21. The molecule has 0 saturated heterocycles. The zero-order valence-corrected chi connectivity index (χ0v) is 19.4. The second-order valence-corrected chi connectivity index (χ2v) is 10.3. The Kier molecular flexibility index (Phi) is 6.75. The molecule has 0 bridgehead atoms. The summed E-state index contributed by atoms with van der Waals surface area (Å²) in [6.07, 6.45) is 6.44.